The van der Waals surface area contributed by atoms with Gasteiger partial charge in [0.1, 0.15) is 0 Å². The smallest absolute Gasteiger partial charge is 0.177 e. The number of aromatic amines is 1. The highest BCUT2D eigenvalue weighted by Gasteiger charge is 2.28. The molecule has 0 amide bonds. The van der Waals surface area contributed by atoms with E-state index < -0.39 is 0 Å². The quantitative estimate of drug-likeness (QED) is 0.454. The molecule has 1 aliphatic carbocycles. The highest BCUT2D eigenvalue weighted by molar-refractivity contribution is 5.86. The van der Waals surface area contributed by atoms with Crippen molar-refractivity contribution in [3.8, 4) is 11.4 Å². The molecule has 0 aliphatic heterocycles. The van der Waals surface area contributed by atoms with Crippen molar-refractivity contribution in [1.29, 1.82) is 0 Å². The molecule has 1 aromatic heterocycles. The predicted octanol–water partition coefficient (Wildman–Crippen LogP) is 6.10. The third kappa shape index (κ3) is 3.67. The lowest BCUT2D eigenvalue weighted by molar-refractivity contribution is 0.456. The fraction of sp³-hybridized carbons (Fsp3) is 0.320. The molecule has 4 heteroatoms. The van der Waals surface area contributed by atoms with Crippen LogP contribution in [-0.2, 0) is 0 Å². The maximum absolute atomic E-state index is 4.12. The molecule has 0 spiro atoms. The molecular weight excluding hydrogens is 356 g/mol. The Hall–Kier alpha value is -3.01. The molecule has 3 atom stereocenters. The average molecular weight is 383 g/mol. The third-order valence-corrected chi connectivity index (χ3v) is 6.54. The van der Waals surface area contributed by atoms with Crippen LogP contribution in [0.15, 0.2) is 66.7 Å². The van der Waals surface area contributed by atoms with Crippen LogP contribution < -0.4 is 0 Å². The topological polar surface area (TPSA) is 54.5 Å². The lowest BCUT2D eigenvalue weighted by Gasteiger charge is -2.19. The van der Waals surface area contributed by atoms with E-state index in [4.69, 9.17) is 0 Å². The molecule has 1 fully saturated rings. The van der Waals surface area contributed by atoms with Crippen molar-refractivity contribution in [2.75, 3.05) is 0 Å². The lowest BCUT2D eigenvalue weighted by Crippen LogP contribution is -2.03. The largest absolute Gasteiger partial charge is 0.204 e. The molecule has 1 heterocycles. The molecule has 0 unspecified atom stereocenters. The number of H-pyrrole nitrogens is 1. The number of nitrogens with zero attached hydrogens (tertiary/aromatic N) is 3. The van der Waals surface area contributed by atoms with Crippen molar-refractivity contribution >= 4 is 10.8 Å². The molecule has 4 nitrogen and oxygen atoms in total. The SMILES string of the molecule is C[C@@H](C[C@H]1CC[C@@H](c2cccc(-c3nn[nH]n3)c2)C1)c1cccc2ccccc12. The number of tetrazole rings is 1. The van der Waals surface area contributed by atoms with Crippen LogP contribution in [0.3, 0.4) is 0 Å². The van der Waals surface area contributed by atoms with Gasteiger partial charge in [-0.05, 0) is 76.6 Å². The monoisotopic (exact) mass is 382 g/mol. The Morgan fingerprint density at radius 2 is 1.86 bits per heavy atom. The van der Waals surface area contributed by atoms with Crippen molar-refractivity contribution in [3.63, 3.8) is 0 Å². The predicted molar refractivity (Wildman–Crippen MR) is 117 cm³/mol. The van der Waals surface area contributed by atoms with Gasteiger partial charge in [-0.3, -0.25) is 0 Å². The number of hydrogen-bond donors (Lipinski definition) is 1. The fourth-order valence-corrected chi connectivity index (χ4v) is 5.11. The van der Waals surface area contributed by atoms with Crippen LogP contribution in [0.25, 0.3) is 22.2 Å². The van der Waals surface area contributed by atoms with Crippen LogP contribution in [0, 0.1) is 5.92 Å². The van der Waals surface area contributed by atoms with Gasteiger partial charge < -0.3 is 0 Å². The van der Waals surface area contributed by atoms with E-state index >= 15 is 0 Å². The van der Waals surface area contributed by atoms with Gasteiger partial charge in [-0.2, -0.15) is 5.21 Å². The van der Waals surface area contributed by atoms with E-state index in [-0.39, 0.29) is 0 Å². The number of nitrogens with one attached hydrogen (secondary N) is 1. The molecule has 1 aliphatic rings. The molecular formula is C25H26N4. The molecule has 1 N–H and O–H groups in total. The summed E-state index contributed by atoms with van der Waals surface area (Å²) in [6, 6.07) is 24.2. The summed E-state index contributed by atoms with van der Waals surface area (Å²) in [6.45, 7) is 2.39. The first-order chi connectivity index (χ1) is 14.3. The summed E-state index contributed by atoms with van der Waals surface area (Å²) < 4.78 is 0. The van der Waals surface area contributed by atoms with Crippen molar-refractivity contribution in [2.24, 2.45) is 5.92 Å². The molecule has 146 valence electrons. The van der Waals surface area contributed by atoms with E-state index in [0.717, 1.165) is 11.5 Å². The molecule has 0 saturated heterocycles. The molecule has 0 bridgehead atoms. The summed E-state index contributed by atoms with van der Waals surface area (Å²) in [7, 11) is 0. The van der Waals surface area contributed by atoms with Gasteiger partial charge in [-0.25, -0.2) is 0 Å². The van der Waals surface area contributed by atoms with E-state index in [2.05, 4.69) is 94.3 Å². The van der Waals surface area contributed by atoms with E-state index in [1.807, 2.05) is 0 Å². The maximum Gasteiger partial charge on any atom is 0.204 e. The van der Waals surface area contributed by atoms with Crippen LogP contribution in [0.5, 0.6) is 0 Å². The lowest BCUT2D eigenvalue weighted by atomic mass is 9.86. The van der Waals surface area contributed by atoms with Gasteiger partial charge in [0.2, 0.25) is 5.82 Å². The van der Waals surface area contributed by atoms with E-state index in [9.17, 15) is 0 Å². The summed E-state index contributed by atoms with van der Waals surface area (Å²) in [5, 5.41) is 17.2. The number of fused-ring (bicyclic) bond motifs is 1. The van der Waals surface area contributed by atoms with E-state index in [1.165, 1.54) is 47.6 Å². The Balaban J connectivity index is 1.29. The summed E-state index contributed by atoms with van der Waals surface area (Å²) in [4.78, 5) is 0. The van der Waals surface area contributed by atoms with Crippen LogP contribution >= 0.6 is 0 Å². The zero-order valence-electron chi connectivity index (χ0n) is 16.8. The molecule has 0 radical (unpaired) electrons. The Labute approximate surface area is 171 Å². The van der Waals surface area contributed by atoms with Crippen molar-refractivity contribution < 1.29 is 0 Å². The first-order valence-electron chi connectivity index (χ1n) is 10.6. The molecule has 3 aromatic carbocycles. The Kier molecular flexibility index (Phi) is 4.84. The minimum absolute atomic E-state index is 0.579. The number of aromatic nitrogens is 4. The van der Waals surface area contributed by atoms with Crippen LogP contribution in [0.4, 0.5) is 0 Å². The molecule has 4 aromatic rings. The average Bonchev–Trinajstić information content (AvgIpc) is 3.46. The Morgan fingerprint density at radius 1 is 1.00 bits per heavy atom. The second-order valence-electron chi connectivity index (χ2n) is 8.44. The van der Waals surface area contributed by atoms with Crippen LogP contribution in [0.2, 0.25) is 0 Å². The highest BCUT2D eigenvalue weighted by Crippen LogP contribution is 2.43. The minimum atomic E-state index is 0.579. The minimum Gasteiger partial charge on any atom is -0.177 e. The van der Waals surface area contributed by atoms with Gasteiger partial charge in [-0.1, -0.05) is 67.6 Å². The number of rotatable bonds is 5. The van der Waals surface area contributed by atoms with Gasteiger partial charge in [0.25, 0.3) is 0 Å². The summed E-state index contributed by atoms with van der Waals surface area (Å²) >= 11 is 0. The first-order valence-corrected chi connectivity index (χ1v) is 10.6. The van der Waals surface area contributed by atoms with Crippen LogP contribution in [-0.4, -0.2) is 20.6 Å². The number of hydrogen-bond acceptors (Lipinski definition) is 3. The second-order valence-corrected chi connectivity index (χ2v) is 8.44. The van der Waals surface area contributed by atoms with E-state index in [1.54, 1.807) is 0 Å². The summed E-state index contributed by atoms with van der Waals surface area (Å²) in [5.41, 5.74) is 3.95. The second kappa shape index (κ2) is 7.78. The zero-order chi connectivity index (χ0) is 19.6. The molecule has 1 saturated carbocycles. The van der Waals surface area contributed by atoms with Gasteiger partial charge in [0.05, 0.1) is 0 Å². The maximum atomic E-state index is 4.12. The van der Waals surface area contributed by atoms with Crippen molar-refractivity contribution in [3.05, 3.63) is 77.9 Å². The van der Waals surface area contributed by atoms with Gasteiger partial charge in [0.15, 0.2) is 0 Å². The fourth-order valence-electron chi connectivity index (χ4n) is 5.11. The van der Waals surface area contributed by atoms with Gasteiger partial charge in [-0.15, -0.1) is 10.2 Å². The third-order valence-electron chi connectivity index (χ3n) is 6.54. The normalized spacial score (nSPS) is 20.2. The summed E-state index contributed by atoms with van der Waals surface area (Å²) in [6.07, 6.45) is 5.11. The van der Waals surface area contributed by atoms with Gasteiger partial charge >= 0.3 is 0 Å². The van der Waals surface area contributed by atoms with Crippen molar-refractivity contribution in [1.82, 2.24) is 20.6 Å². The first kappa shape index (κ1) is 18.0. The summed E-state index contributed by atoms with van der Waals surface area (Å²) in [5.74, 6) is 2.66. The standard InChI is InChI=1S/C25H26N4/c1-17(23-11-5-7-19-6-2-3-10-24(19)23)14-18-12-13-21(15-18)20-8-4-9-22(16-20)25-26-28-29-27-25/h2-11,16-18,21H,12-15H2,1H3,(H,26,27,28,29)/t17-,18+,21+/m0/s1. The van der Waals surface area contributed by atoms with Crippen LogP contribution in [0.1, 0.15) is 55.6 Å². The number of benzene rings is 3. The van der Waals surface area contributed by atoms with E-state index in [0.29, 0.717) is 17.7 Å². The highest BCUT2D eigenvalue weighted by atomic mass is 15.5. The van der Waals surface area contributed by atoms with Crippen molar-refractivity contribution in [2.45, 2.75) is 44.4 Å². The Morgan fingerprint density at radius 3 is 2.76 bits per heavy atom. The zero-order valence-corrected chi connectivity index (χ0v) is 16.8. The van der Waals surface area contributed by atoms with Gasteiger partial charge in [0, 0.05) is 5.56 Å². The Bertz CT molecular complexity index is 1100. The molecule has 29 heavy (non-hydrogen) atoms. The molecule has 5 rings (SSSR count).